The number of carboxylic acids is 2. The molecule has 0 saturated carbocycles. The zero-order valence-electron chi connectivity index (χ0n) is 11.5. The highest BCUT2D eigenvalue weighted by atomic mass is 16.4. The zero-order chi connectivity index (χ0) is 15.7. The van der Waals surface area contributed by atoms with Gasteiger partial charge in [-0.15, -0.1) is 0 Å². The quantitative estimate of drug-likeness (QED) is 0.883. The first kappa shape index (κ1) is 13.8. The molecule has 0 radical (unpaired) electrons. The van der Waals surface area contributed by atoms with Crippen LogP contribution in [-0.2, 0) is 0 Å². The first-order chi connectivity index (χ1) is 10.6. The zero-order valence-corrected chi connectivity index (χ0v) is 11.5. The van der Waals surface area contributed by atoms with Crippen molar-refractivity contribution in [3.05, 3.63) is 70.8 Å². The van der Waals surface area contributed by atoms with Gasteiger partial charge >= 0.3 is 11.9 Å². The molecule has 0 saturated heterocycles. The average molecular weight is 292 g/mol. The summed E-state index contributed by atoms with van der Waals surface area (Å²) in [4.78, 5) is 23.1. The van der Waals surface area contributed by atoms with E-state index in [1.165, 1.54) is 6.07 Å². The van der Waals surface area contributed by atoms with Crippen LogP contribution in [0.15, 0.2) is 48.6 Å². The molecule has 22 heavy (non-hydrogen) atoms. The number of allylic oxidation sites excluding steroid dienone is 2. The second kappa shape index (κ2) is 5.33. The molecule has 0 aliphatic heterocycles. The van der Waals surface area contributed by atoms with E-state index < -0.39 is 11.9 Å². The van der Waals surface area contributed by atoms with Crippen molar-refractivity contribution in [3.8, 4) is 11.1 Å². The highest BCUT2D eigenvalue weighted by molar-refractivity contribution is 6.09. The number of carboxylic acid groups (broad SMARTS) is 2. The molecule has 0 atom stereocenters. The Kier molecular flexibility index (Phi) is 3.35. The Balaban J connectivity index is 2.46. The van der Waals surface area contributed by atoms with Gasteiger partial charge in [0.1, 0.15) is 0 Å². The number of carbonyl (C=O) groups is 2. The Morgan fingerprint density at radius 1 is 0.773 bits per heavy atom. The Hall–Kier alpha value is -3.14. The molecule has 0 fully saturated rings. The van der Waals surface area contributed by atoms with Gasteiger partial charge in [-0.05, 0) is 22.8 Å². The molecule has 108 valence electrons. The number of hydrogen-bond acceptors (Lipinski definition) is 2. The standard InChI is InChI=1S/C18H12O4/c19-17(20)14-10-9-12-7-2-1-5-11-6-3-4-8-13(11)15(12)16(14)18(21)22/h1-10H,(H,19,20)(H,21,22)/b2-1?,5-1-,7-2-,11-5?,12-7?,15-13?. The molecule has 0 spiro atoms. The van der Waals surface area contributed by atoms with Crippen LogP contribution in [0.2, 0.25) is 0 Å². The van der Waals surface area contributed by atoms with Crippen molar-refractivity contribution in [2.24, 2.45) is 0 Å². The number of rotatable bonds is 2. The highest BCUT2D eigenvalue weighted by Gasteiger charge is 2.24. The summed E-state index contributed by atoms with van der Waals surface area (Å²) >= 11 is 0. The fourth-order valence-corrected chi connectivity index (χ4v) is 2.64. The van der Waals surface area contributed by atoms with Gasteiger partial charge in [0.15, 0.2) is 0 Å². The molecule has 4 heteroatoms. The lowest BCUT2D eigenvalue weighted by atomic mass is 9.87. The van der Waals surface area contributed by atoms with Crippen LogP contribution < -0.4 is 0 Å². The molecule has 0 aromatic heterocycles. The number of fused-ring (bicyclic) bond motifs is 3. The van der Waals surface area contributed by atoms with E-state index >= 15 is 0 Å². The third-order valence-corrected chi connectivity index (χ3v) is 3.57. The maximum Gasteiger partial charge on any atom is 0.337 e. The summed E-state index contributed by atoms with van der Waals surface area (Å²) in [6.45, 7) is 0. The average Bonchev–Trinajstić information content (AvgIpc) is 2.48. The van der Waals surface area contributed by atoms with E-state index in [-0.39, 0.29) is 11.1 Å². The van der Waals surface area contributed by atoms with Crippen molar-refractivity contribution < 1.29 is 19.8 Å². The Morgan fingerprint density at radius 3 is 2.14 bits per heavy atom. The van der Waals surface area contributed by atoms with Gasteiger partial charge in [0.2, 0.25) is 0 Å². The van der Waals surface area contributed by atoms with Crippen LogP contribution in [0.5, 0.6) is 0 Å². The summed E-state index contributed by atoms with van der Waals surface area (Å²) < 4.78 is 0. The lowest BCUT2D eigenvalue weighted by Gasteiger charge is -2.16. The van der Waals surface area contributed by atoms with Crippen LogP contribution in [0.4, 0.5) is 0 Å². The SMILES string of the molecule is O=C(O)c1ccc2c(c1C(=O)O)-c1ccccc1/C=C\C=C/2. The van der Waals surface area contributed by atoms with Crippen molar-refractivity contribution in [2.75, 3.05) is 0 Å². The van der Waals surface area contributed by atoms with E-state index in [4.69, 9.17) is 0 Å². The van der Waals surface area contributed by atoms with Crippen molar-refractivity contribution >= 4 is 24.1 Å². The van der Waals surface area contributed by atoms with Gasteiger partial charge in [-0.2, -0.15) is 0 Å². The molecule has 4 nitrogen and oxygen atoms in total. The molecule has 1 aliphatic carbocycles. The van der Waals surface area contributed by atoms with E-state index in [0.717, 1.165) is 5.56 Å². The fraction of sp³-hybridized carbons (Fsp3) is 0. The van der Waals surface area contributed by atoms with Crippen LogP contribution in [0.3, 0.4) is 0 Å². The third-order valence-electron chi connectivity index (χ3n) is 3.57. The third kappa shape index (κ3) is 2.20. The smallest absolute Gasteiger partial charge is 0.337 e. The lowest BCUT2D eigenvalue weighted by molar-refractivity contribution is 0.0652. The molecule has 3 rings (SSSR count). The first-order valence-electron chi connectivity index (χ1n) is 6.67. The summed E-state index contributed by atoms with van der Waals surface area (Å²) in [5.74, 6) is -2.50. The van der Waals surface area contributed by atoms with E-state index in [0.29, 0.717) is 16.7 Å². The molecule has 2 aromatic rings. The van der Waals surface area contributed by atoms with Crippen LogP contribution in [0.25, 0.3) is 23.3 Å². The fourth-order valence-electron chi connectivity index (χ4n) is 2.64. The Bertz CT molecular complexity index is 844. The Labute approximate surface area is 126 Å². The predicted octanol–water partition coefficient (Wildman–Crippen LogP) is 3.79. The monoisotopic (exact) mass is 292 g/mol. The minimum Gasteiger partial charge on any atom is -0.478 e. The minimum atomic E-state index is -1.25. The summed E-state index contributed by atoms with van der Waals surface area (Å²) in [7, 11) is 0. The molecule has 2 N–H and O–H groups in total. The lowest BCUT2D eigenvalue weighted by Crippen LogP contribution is -2.11. The van der Waals surface area contributed by atoms with E-state index in [1.807, 2.05) is 24.3 Å². The number of benzene rings is 2. The van der Waals surface area contributed by atoms with Crippen LogP contribution in [0, 0.1) is 0 Å². The Morgan fingerprint density at radius 2 is 1.45 bits per heavy atom. The summed E-state index contributed by atoms with van der Waals surface area (Å²) in [6.07, 6.45) is 7.32. The second-order valence-corrected chi connectivity index (χ2v) is 4.87. The van der Waals surface area contributed by atoms with Crippen molar-refractivity contribution in [3.63, 3.8) is 0 Å². The van der Waals surface area contributed by atoms with Crippen molar-refractivity contribution in [1.82, 2.24) is 0 Å². The van der Waals surface area contributed by atoms with E-state index in [9.17, 15) is 19.8 Å². The molecule has 1 aliphatic rings. The molecule has 0 bridgehead atoms. The van der Waals surface area contributed by atoms with Gasteiger partial charge < -0.3 is 10.2 Å². The van der Waals surface area contributed by atoms with Gasteiger partial charge in [0.25, 0.3) is 0 Å². The van der Waals surface area contributed by atoms with Crippen molar-refractivity contribution in [1.29, 1.82) is 0 Å². The highest BCUT2D eigenvalue weighted by Crippen LogP contribution is 2.35. The molecule has 0 unspecified atom stereocenters. The van der Waals surface area contributed by atoms with Crippen molar-refractivity contribution in [2.45, 2.75) is 0 Å². The first-order valence-corrected chi connectivity index (χ1v) is 6.67. The summed E-state index contributed by atoms with van der Waals surface area (Å²) in [6, 6.07) is 10.3. The van der Waals surface area contributed by atoms with Gasteiger partial charge in [-0.1, -0.05) is 54.6 Å². The van der Waals surface area contributed by atoms with Gasteiger partial charge in [-0.25, -0.2) is 9.59 Å². The summed E-state index contributed by atoms with van der Waals surface area (Å²) in [5.41, 5.74) is 2.27. The van der Waals surface area contributed by atoms with Crippen LogP contribution in [0.1, 0.15) is 31.8 Å². The minimum absolute atomic E-state index is 0.183. The molecule has 0 amide bonds. The summed E-state index contributed by atoms with van der Waals surface area (Å²) in [5, 5.41) is 18.8. The molecule has 2 aromatic carbocycles. The second-order valence-electron chi connectivity index (χ2n) is 4.87. The van der Waals surface area contributed by atoms with Crippen LogP contribution in [-0.4, -0.2) is 22.2 Å². The molecular formula is C18H12O4. The largest absolute Gasteiger partial charge is 0.478 e. The maximum absolute atomic E-state index is 11.7. The van der Waals surface area contributed by atoms with Gasteiger partial charge in [0.05, 0.1) is 11.1 Å². The molecular weight excluding hydrogens is 280 g/mol. The molecule has 0 heterocycles. The number of hydrogen-bond donors (Lipinski definition) is 2. The normalized spacial score (nSPS) is 14.9. The number of aromatic carboxylic acids is 2. The van der Waals surface area contributed by atoms with Crippen LogP contribution >= 0.6 is 0 Å². The van der Waals surface area contributed by atoms with E-state index in [2.05, 4.69) is 0 Å². The maximum atomic E-state index is 11.7. The predicted molar refractivity (Wildman–Crippen MR) is 83.9 cm³/mol. The topological polar surface area (TPSA) is 74.6 Å². The van der Waals surface area contributed by atoms with Gasteiger partial charge in [-0.3, -0.25) is 0 Å². The van der Waals surface area contributed by atoms with Gasteiger partial charge in [0, 0.05) is 5.56 Å². The van der Waals surface area contributed by atoms with E-state index in [1.54, 1.807) is 30.4 Å².